The van der Waals surface area contributed by atoms with E-state index in [4.69, 9.17) is 13.9 Å². The molecule has 2 saturated heterocycles. The molecule has 3 fully saturated rings. The Morgan fingerprint density at radius 2 is 1.85 bits per heavy atom. The summed E-state index contributed by atoms with van der Waals surface area (Å²) in [5, 5.41) is 0. The molecule has 3 atom stereocenters. The molecule has 0 N–H and O–H groups in total. The van der Waals surface area contributed by atoms with Gasteiger partial charge in [-0.3, -0.25) is 0 Å². The molecule has 4 rings (SSSR count). The first-order chi connectivity index (χ1) is 15.8. The fourth-order valence-corrected chi connectivity index (χ4v) is 15.0. The van der Waals surface area contributed by atoms with Gasteiger partial charge in [0.15, 0.2) is 0 Å². The van der Waals surface area contributed by atoms with Crippen LogP contribution in [0.15, 0.2) is 30.3 Å². The zero-order chi connectivity index (χ0) is 23.7. The van der Waals surface area contributed by atoms with Gasteiger partial charge < -0.3 is 0 Å². The Morgan fingerprint density at radius 3 is 2.39 bits per heavy atom. The molecule has 3 aliphatic rings. The van der Waals surface area contributed by atoms with Gasteiger partial charge in [-0.15, -0.1) is 0 Å². The van der Waals surface area contributed by atoms with E-state index in [1.165, 1.54) is 11.8 Å². The topological polar surface area (TPSA) is 48.0 Å². The minimum atomic E-state index is -1.85. The summed E-state index contributed by atoms with van der Waals surface area (Å²) in [6.45, 7) is 12.1. The summed E-state index contributed by atoms with van der Waals surface area (Å²) in [7, 11) is 0. The average Bonchev–Trinajstić information content (AvgIpc) is 3.31. The Kier molecular flexibility index (Phi) is 7.78. The number of rotatable bonds is 10. The van der Waals surface area contributed by atoms with Gasteiger partial charge in [-0.1, -0.05) is 0 Å². The summed E-state index contributed by atoms with van der Waals surface area (Å²) < 4.78 is 20.0. The molecule has 1 spiro atoms. The molecule has 1 saturated carbocycles. The Morgan fingerprint density at radius 1 is 1.18 bits per heavy atom. The van der Waals surface area contributed by atoms with Crippen LogP contribution >= 0.6 is 0 Å². The molecule has 1 aromatic carbocycles. The fourth-order valence-electron chi connectivity index (χ4n) is 6.59. The van der Waals surface area contributed by atoms with E-state index >= 15 is 0 Å². The molecule has 2 bridgehead atoms. The van der Waals surface area contributed by atoms with Gasteiger partial charge >= 0.3 is 211 Å². The van der Waals surface area contributed by atoms with Crippen LogP contribution in [0.2, 0.25) is 12.1 Å². The predicted octanol–water partition coefficient (Wildman–Crippen LogP) is 1.25. The summed E-state index contributed by atoms with van der Waals surface area (Å²) in [6.07, 6.45) is 3.35. The van der Waals surface area contributed by atoms with Crippen LogP contribution in [-0.4, -0.2) is 65.7 Å². The number of alkyl halides is 1. The third-order valence-corrected chi connectivity index (χ3v) is 22.7. The monoisotopic (exact) mass is 586 g/mol. The van der Waals surface area contributed by atoms with E-state index in [0.29, 0.717) is 25.6 Å². The van der Waals surface area contributed by atoms with Gasteiger partial charge in [-0.05, 0) is 0 Å². The number of benzene rings is 1. The summed E-state index contributed by atoms with van der Waals surface area (Å²) in [6, 6.07) is 13.0. The zero-order valence-electron chi connectivity index (χ0n) is 20.9. The number of aldehydes is 1. The summed E-state index contributed by atoms with van der Waals surface area (Å²) >= 11 is -0.0264. The van der Waals surface area contributed by atoms with E-state index in [1.54, 1.807) is 0 Å². The number of halogens is 1. The van der Waals surface area contributed by atoms with Crippen LogP contribution in [0.25, 0.3) is 0 Å². The standard InChI is InChI=1S/C26H41INO4Si/c1-6-33(7-2,27-5)32-23-24(20-29)17-26(30-13-14-31-26)18-25(23,28(19-24)16-21(3)4)15-22-11-9-8-10-12-22/h8-12,20-21,23H,6-7,13-19H2,1-5H3/q-1/t23-,24?,25?/m1/s1. The van der Waals surface area contributed by atoms with E-state index in [1.807, 2.05) is 0 Å². The second-order valence-corrected chi connectivity index (χ2v) is 23.6. The van der Waals surface area contributed by atoms with Crippen molar-refractivity contribution in [1.29, 1.82) is 0 Å². The van der Waals surface area contributed by atoms with E-state index in [0.717, 1.165) is 38.0 Å². The molecule has 7 heteroatoms. The van der Waals surface area contributed by atoms with Gasteiger partial charge in [0.2, 0.25) is 0 Å². The number of likely N-dealkylation sites (tertiary alicyclic amines) is 1. The average molecular weight is 587 g/mol. The van der Waals surface area contributed by atoms with Crippen LogP contribution in [0.3, 0.4) is 0 Å². The number of ether oxygens (including phenoxy) is 2. The first kappa shape index (κ1) is 25.8. The molecule has 1 aliphatic carbocycles. The first-order valence-electron chi connectivity index (χ1n) is 12.5. The molecule has 0 radical (unpaired) electrons. The molecule has 5 nitrogen and oxygen atoms in total. The molecule has 33 heavy (non-hydrogen) atoms. The molecular weight excluding hydrogens is 545 g/mol. The molecule has 186 valence electrons. The number of hydrogen-bond acceptors (Lipinski definition) is 5. The molecule has 0 amide bonds. The van der Waals surface area contributed by atoms with Gasteiger partial charge in [0.25, 0.3) is 0 Å². The number of carbonyl (C=O) groups is 1. The minimum absolute atomic E-state index is 0.0264. The number of hydrogen-bond donors (Lipinski definition) is 0. The molecule has 2 unspecified atom stereocenters. The Balaban J connectivity index is 1.86. The van der Waals surface area contributed by atoms with E-state index < -0.39 is 17.0 Å². The van der Waals surface area contributed by atoms with Crippen molar-refractivity contribution in [2.75, 3.05) is 31.2 Å². The number of fused-ring (bicyclic) bond motifs is 2. The van der Waals surface area contributed by atoms with Gasteiger partial charge in [0, 0.05) is 0 Å². The van der Waals surface area contributed by atoms with Gasteiger partial charge in [0.1, 0.15) is 0 Å². The van der Waals surface area contributed by atoms with Crippen LogP contribution in [-0.2, 0) is 25.1 Å². The second-order valence-electron chi connectivity index (χ2n) is 10.6. The zero-order valence-corrected chi connectivity index (χ0v) is 24.1. The van der Waals surface area contributed by atoms with Crippen LogP contribution in [0, 0.1) is 11.3 Å². The molecule has 2 heterocycles. The van der Waals surface area contributed by atoms with Gasteiger partial charge in [0.05, 0.1) is 0 Å². The van der Waals surface area contributed by atoms with Crippen molar-refractivity contribution in [2.45, 2.75) is 76.5 Å². The molecule has 1 aromatic rings. The fraction of sp³-hybridized carbons (Fsp3) is 0.731. The van der Waals surface area contributed by atoms with Crippen molar-refractivity contribution in [3.63, 3.8) is 0 Å². The van der Waals surface area contributed by atoms with Crippen LogP contribution in [0.5, 0.6) is 0 Å². The molecule has 2 aliphatic heterocycles. The van der Waals surface area contributed by atoms with Gasteiger partial charge in [-0.25, -0.2) is 0 Å². The van der Waals surface area contributed by atoms with Gasteiger partial charge in [-0.2, -0.15) is 0 Å². The van der Waals surface area contributed by atoms with E-state index in [9.17, 15) is 4.79 Å². The molecular formula is C26H41INO4Si-. The summed E-state index contributed by atoms with van der Waals surface area (Å²) in [5.41, 5.74) is 0.396. The normalized spacial score (nSPS) is 31.6. The first-order valence-corrected chi connectivity index (χ1v) is 20.1. The Bertz CT molecular complexity index is 806. The maximum atomic E-state index is 13.1. The van der Waals surface area contributed by atoms with Crippen molar-refractivity contribution in [1.82, 2.24) is 4.90 Å². The second kappa shape index (κ2) is 9.97. The van der Waals surface area contributed by atoms with Crippen molar-refractivity contribution in [2.24, 2.45) is 11.3 Å². The quantitative estimate of drug-likeness (QED) is 0.136. The van der Waals surface area contributed by atoms with Crippen LogP contribution in [0.1, 0.15) is 46.1 Å². The maximum absolute atomic E-state index is 13.1. The van der Waals surface area contributed by atoms with Crippen molar-refractivity contribution in [3.8, 4) is 0 Å². The Labute approximate surface area is 210 Å². The van der Waals surface area contributed by atoms with Crippen molar-refractivity contribution < 1.29 is 39.1 Å². The molecule has 0 aromatic heterocycles. The van der Waals surface area contributed by atoms with E-state index in [-0.39, 0.29) is 32.1 Å². The van der Waals surface area contributed by atoms with Crippen molar-refractivity contribution >= 4 is 12.1 Å². The number of carbonyl (C=O) groups excluding carboxylic acids is 1. The summed E-state index contributed by atoms with van der Waals surface area (Å²) in [4.78, 5) is 18.1. The summed E-state index contributed by atoms with van der Waals surface area (Å²) in [5.74, 6) is -2.03. The van der Waals surface area contributed by atoms with E-state index in [2.05, 4.69) is 67.9 Å². The SMILES string of the molecule is CC[Si](CC)(O[C@@H]1C2(C=O)CN(CC(C)C)C1(Cc1ccccc1)CC1(C2)OCCO1)[I-]C. The predicted molar refractivity (Wildman–Crippen MR) is 129 cm³/mol. The number of nitrogens with zero attached hydrogens (tertiary/aromatic N) is 1. The Hall–Kier alpha value is -0.323. The van der Waals surface area contributed by atoms with Crippen LogP contribution < -0.4 is 20.4 Å². The third-order valence-electron chi connectivity index (χ3n) is 8.02. The van der Waals surface area contributed by atoms with Crippen molar-refractivity contribution in [3.05, 3.63) is 35.9 Å². The van der Waals surface area contributed by atoms with Crippen LogP contribution in [0.4, 0.5) is 0 Å². The third kappa shape index (κ3) is 4.62.